The fraction of sp³-hybridized carbons (Fsp3) is 0.316. The number of carboxylic acids is 1. The summed E-state index contributed by atoms with van der Waals surface area (Å²) in [5, 5.41) is 12.2. The summed E-state index contributed by atoms with van der Waals surface area (Å²) in [6, 6.07) is 8.02. The molecule has 2 aromatic carbocycles. The van der Waals surface area contributed by atoms with Crippen molar-refractivity contribution in [3.63, 3.8) is 0 Å². The molecule has 2 aromatic rings. The molecular weight excluding hydrogens is 387 g/mol. The molecule has 3 unspecified atom stereocenters. The Hall–Kier alpha value is -2.49. The summed E-state index contributed by atoms with van der Waals surface area (Å²) in [5.74, 6) is -1.51. The van der Waals surface area contributed by atoms with Crippen LogP contribution < -0.4 is 14.8 Å². The van der Waals surface area contributed by atoms with E-state index in [1.54, 1.807) is 19.2 Å². The monoisotopic (exact) mass is 406 g/mol. The molecule has 9 heteroatoms. The van der Waals surface area contributed by atoms with Gasteiger partial charge in [0, 0.05) is 30.0 Å². The Morgan fingerprint density at radius 2 is 2.11 bits per heavy atom. The van der Waals surface area contributed by atoms with Gasteiger partial charge in [0.25, 0.3) is 0 Å². The molecule has 0 saturated heterocycles. The molecule has 4 rings (SSSR count). The van der Waals surface area contributed by atoms with Crippen LogP contribution in [-0.4, -0.2) is 39.2 Å². The van der Waals surface area contributed by atoms with Gasteiger partial charge < -0.3 is 15.2 Å². The molecule has 28 heavy (non-hydrogen) atoms. The first-order valence-electron chi connectivity index (χ1n) is 8.78. The van der Waals surface area contributed by atoms with Crippen LogP contribution in [-0.2, 0) is 16.6 Å². The summed E-state index contributed by atoms with van der Waals surface area (Å²) in [6.45, 7) is 0.446. The molecule has 148 valence electrons. The number of hydrogen-bond acceptors (Lipinski definition) is 5. The molecular formula is C19H19FN2O5S. The Labute approximate surface area is 161 Å². The second-order valence-electron chi connectivity index (χ2n) is 6.96. The number of carbonyl (C=O) groups is 1. The zero-order valence-corrected chi connectivity index (χ0v) is 15.8. The average Bonchev–Trinajstić information content (AvgIpc) is 3.33. The van der Waals surface area contributed by atoms with Crippen molar-refractivity contribution in [2.45, 2.75) is 23.4 Å². The van der Waals surface area contributed by atoms with Crippen LogP contribution >= 0.6 is 0 Å². The lowest BCUT2D eigenvalue weighted by molar-refractivity contribution is 0.0691. The maximum absolute atomic E-state index is 13.5. The first-order chi connectivity index (χ1) is 13.3. The third-order valence-corrected chi connectivity index (χ3v) is 6.75. The van der Waals surface area contributed by atoms with Gasteiger partial charge in [-0.2, -0.15) is 0 Å². The first-order valence-corrected chi connectivity index (χ1v) is 10.3. The highest BCUT2D eigenvalue weighted by Crippen LogP contribution is 2.55. The van der Waals surface area contributed by atoms with E-state index in [-0.39, 0.29) is 35.4 Å². The number of nitrogens with one attached hydrogen (secondary N) is 2. The zero-order valence-electron chi connectivity index (χ0n) is 15.0. The van der Waals surface area contributed by atoms with Gasteiger partial charge >= 0.3 is 5.97 Å². The summed E-state index contributed by atoms with van der Waals surface area (Å²) in [6.07, 6.45) is 0. The molecule has 0 aromatic heterocycles. The minimum atomic E-state index is -3.88. The summed E-state index contributed by atoms with van der Waals surface area (Å²) < 4.78 is 47.7. The number of benzene rings is 2. The van der Waals surface area contributed by atoms with Crippen molar-refractivity contribution in [1.29, 1.82) is 0 Å². The molecule has 0 radical (unpaired) electrons. The number of sulfonamides is 1. The van der Waals surface area contributed by atoms with Crippen molar-refractivity contribution < 1.29 is 27.4 Å². The molecule has 1 aliphatic carbocycles. The molecule has 1 heterocycles. The van der Waals surface area contributed by atoms with Crippen LogP contribution in [0.1, 0.15) is 27.4 Å². The lowest BCUT2D eigenvalue weighted by Crippen LogP contribution is -2.29. The Balaban J connectivity index is 1.62. The zero-order chi connectivity index (χ0) is 20.1. The number of rotatable bonds is 6. The van der Waals surface area contributed by atoms with Crippen LogP contribution in [0, 0.1) is 11.7 Å². The second-order valence-corrected chi connectivity index (χ2v) is 8.64. The topological polar surface area (TPSA) is 105 Å². The second kappa shape index (κ2) is 6.84. The van der Waals surface area contributed by atoms with Crippen LogP contribution in [0.4, 0.5) is 4.39 Å². The standard InChI is InChI=1S/C19H19FN2O5S/c1-21-8-10-7-11(20)5-6-15(10)28(25,26)22-17-14-9-27-18-12(16(14)17)3-2-4-13(18)19(23)24/h2-7,14,16-17,21-22H,8-9H2,1H3,(H,23,24). The Morgan fingerprint density at radius 1 is 1.32 bits per heavy atom. The average molecular weight is 406 g/mol. The molecule has 3 N–H and O–H groups in total. The fourth-order valence-corrected chi connectivity index (χ4v) is 5.40. The number of fused-ring (bicyclic) bond motifs is 3. The van der Waals surface area contributed by atoms with Crippen molar-refractivity contribution in [3.8, 4) is 5.75 Å². The van der Waals surface area contributed by atoms with Crippen molar-refractivity contribution in [1.82, 2.24) is 10.0 Å². The SMILES string of the molecule is CNCc1cc(F)ccc1S(=O)(=O)NC1C2COc3c(C(=O)O)cccc3C21. The van der Waals surface area contributed by atoms with Gasteiger partial charge in [-0.15, -0.1) is 0 Å². The van der Waals surface area contributed by atoms with Gasteiger partial charge in [-0.3, -0.25) is 0 Å². The number of ether oxygens (including phenoxy) is 1. The van der Waals surface area contributed by atoms with Crippen molar-refractivity contribution in [3.05, 3.63) is 58.9 Å². The number of aromatic carboxylic acids is 1. The van der Waals surface area contributed by atoms with E-state index in [9.17, 15) is 22.7 Å². The first kappa shape index (κ1) is 18.9. The molecule has 0 spiro atoms. The smallest absolute Gasteiger partial charge is 0.339 e. The van der Waals surface area contributed by atoms with Crippen molar-refractivity contribution in [2.24, 2.45) is 5.92 Å². The lowest BCUT2D eigenvalue weighted by atomic mass is 10.0. The Morgan fingerprint density at radius 3 is 2.82 bits per heavy atom. The van der Waals surface area contributed by atoms with E-state index in [4.69, 9.17) is 4.74 Å². The summed E-state index contributed by atoms with van der Waals surface area (Å²) in [5.41, 5.74) is 1.10. The van der Waals surface area contributed by atoms with Crippen LogP contribution in [0.15, 0.2) is 41.3 Å². The predicted octanol–water partition coefficient (Wildman–Crippen LogP) is 1.70. The van der Waals surface area contributed by atoms with E-state index >= 15 is 0 Å². The summed E-state index contributed by atoms with van der Waals surface area (Å²) >= 11 is 0. The molecule has 0 bridgehead atoms. The molecule has 1 saturated carbocycles. The molecule has 3 atom stereocenters. The normalized spacial score (nSPS) is 22.7. The van der Waals surface area contributed by atoms with E-state index in [0.717, 1.165) is 6.07 Å². The van der Waals surface area contributed by atoms with E-state index < -0.39 is 27.9 Å². The Bertz CT molecular complexity index is 1060. The lowest BCUT2D eigenvalue weighted by Gasteiger charge is -2.17. The number of halogens is 1. The van der Waals surface area contributed by atoms with Gasteiger partial charge in [-0.25, -0.2) is 22.3 Å². The van der Waals surface area contributed by atoms with Crippen LogP contribution in [0.3, 0.4) is 0 Å². The summed E-state index contributed by atoms with van der Waals surface area (Å²) in [4.78, 5) is 11.4. The quantitative estimate of drug-likeness (QED) is 0.675. The number of para-hydroxylation sites is 1. The van der Waals surface area contributed by atoms with Gasteiger partial charge in [0.05, 0.1) is 11.5 Å². The maximum atomic E-state index is 13.5. The number of hydrogen-bond donors (Lipinski definition) is 3. The van der Waals surface area contributed by atoms with E-state index in [1.165, 1.54) is 18.2 Å². The van der Waals surface area contributed by atoms with E-state index in [0.29, 0.717) is 16.9 Å². The van der Waals surface area contributed by atoms with E-state index in [1.807, 2.05) is 0 Å². The van der Waals surface area contributed by atoms with E-state index in [2.05, 4.69) is 10.0 Å². The van der Waals surface area contributed by atoms with Gasteiger partial charge in [0.1, 0.15) is 17.1 Å². The van der Waals surface area contributed by atoms with Gasteiger partial charge in [0.15, 0.2) is 0 Å². The minimum absolute atomic E-state index is 0.0207. The van der Waals surface area contributed by atoms with Crippen LogP contribution in [0.2, 0.25) is 0 Å². The predicted molar refractivity (Wildman–Crippen MR) is 98.4 cm³/mol. The molecule has 1 aliphatic heterocycles. The highest BCUT2D eigenvalue weighted by Gasteiger charge is 2.57. The van der Waals surface area contributed by atoms with Crippen LogP contribution in [0.5, 0.6) is 5.75 Å². The molecule has 1 fully saturated rings. The molecule has 0 amide bonds. The fourth-order valence-electron chi connectivity index (χ4n) is 3.87. The molecule has 2 aliphatic rings. The van der Waals surface area contributed by atoms with Gasteiger partial charge in [0.2, 0.25) is 10.0 Å². The minimum Gasteiger partial charge on any atom is -0.492 e. The summed E-state index contributed by atoms with van der Waals surface area (Å²) in [7, 11) is -2.23. The maximum Gasteiger partial charge on any atom is 0.339 e. The third kappa shape index (κ3) is 3.15. The molecule has 7 nitrogen and oxygen atoms in total. The van der Waals surface area contributed by atoms with Crippen LogP contribution in [0.25, 0.3) is 0 Å². The highest BCUT2D eigenvalue weighted by molar-refractivity contribution is 7.89. The number of carboxylic acid groups (broad SMARTS) is 1. The van der Waals surface area contributed by atoms with Gasteiger partial charge in [-0.05, 0) is 36.9 Å². The van der Waals surface area contributed by atoms with Crippen molar-refractivity contribution >= 4 is 16.0 Å². The Kier molecular flexibility index (Phi) is 4.60. The van der Waals surface area contributed by atoms with Crippen molar-refractivity contribution in [2.75, 3.05) is 13.7 Å². The largest absolute Gasteiger partial charge is 0.492 e. The van der Waals surface area contributed by atoms with Gasteiger partial charge in [-0.1, -0.05) is 12.1 Å². The highest BCUT2D eigenvalue weighted by atomic mass is 32.2. The third-order valence-electron chi connectivity index (χ3n) is 5.19.